The molecule has 0 aliphatic carbocycles. The third-order valence-corrected chi connectivity index (χ3v) is 6.92. The van der Waals surface area contributed by atoms with Gasteiger partial charge in [-0.05, 0) is 73.0 Å². The van der Waals surface area contributed by atoms with Crippen LogP contribution in [0.3, 0.4) is 0 Å². The fourth-order valence-electron chi connectivity index (χ4n) is 4.93. The molecule has 0 radical (unpaired) electrons. The van der Waals surface area contributed by atoms with Crippen LogP contribution in [-0.4, -0.2) is 41.1 Å². The summed E-state index contributed by atoms with van der Waals surface area (Å²) >= 11 is 5.96. The zero-order valence-electron chi connectivity index (χ0n) is 17.2. The summed E-state index contributed by atoms with van der Waals surface area (Å²) in [6, 6.07) is 15.1. The smallest absolute Gasteiger partial charge is 0.271 e. The Bertz CT molecular complexity index is 1160. The Kier molecular flexibility index (Phi) is 4.99. The zero-order valence-corrected chi connectivity index (χ0v) is 17.9. The molecule has 1 amide bonds. The first-order valence-electron chi connectivity index (χ1n) is 10.4. The van der Waals surface area contributed by atoms with Crippen molar-refractivity contribution in [3.63, 3.8) is 0 Å². The van der Waals surface area contributed by atoms with Crippen LogP contribution < -0.4 is 5.32 Å². The van der Waals surface area contributed by atoms with Gasteiger partial charge in [-0.3, -0.25) is 9.69 Å². The van der Waals surface area contributed by atoms with Crippen molar-refractivity contribution in [2.75, 3.05) is 20.1 Å². The zero-order chi connectivity index (χ0) is 21.6. The van der Waals surface area contributed by atoms with E-state index in [-0.39, 0.29) is 27.9 Å². The van der Waals surface area contributed by atoms with Crippen LogP contribution in [0.2, 0.25) is 5.02 Å². The number of piperidine rings is 1. The number of rotatable bonds is 3. The van der Waals surface area contributed by atoms with Gasteiger partial charge in [-0.1, -0.05) is 29.8 Å². The topological polar surface area (TPSA) is 58.1 Å². The molecule has 3 aliphatic heterocycles. The second-order valence-electron chi connectivity index (χ2n) is 8.24. The minimum atomic E-state index is -0.370. The maximum Gasteiger partial charge on any atom is 0.271 e. The number of carbonyl (C=O) groups is 1. The number of hydrogen-bond acceptors (Lipinski definition) is 4. The molecule has 0 spiro atoms. The lowest BCUT2D eigenvalue weighted by atomic mass is 9.68. The average molecular weight is 437 g/mol. The molecular formula is C24H22ClFN4O. The molecule has 6 rings (SSSR count). The molecule has 158 valence electrons. The summed E-state index contributed by atoms with van der Waals surface area (Å²) in [4.78, 5) is 14.2. The van der Waals surface area contributed by atoms with Crippen LogP contribution in [0.1, 0.15) is 40.0 Å². The molecule has 2 aromatic carbocycles. The van der Waals surface area contributed by atoms with Gasteiger partial charge < -0.3 is 5.32 Å². The highest BCUT2D eigenvalue weighted by atomic mass is 35.5. The largest absolute Gasteiger partial charge is 0.354 e. The average Bonchev–Trinajstić information content (AvgIpc) is 3.06. The lowest BCUT2D eigenvalue weighted by Crippen LogP contribution is -2.39. The Labute approximate surface area is 185 Å². The monoisotopic (exact) mass is 436 g/mol. The number of hydrogen-bond donors (Lipinski definition) is 1. The van der Waals surface area contributed by atoms with E-state index >= 15 is 0 Å². The number of nitrogens with zero attached hydrogens (tertiary/aromatic N) is 3. The fraction of sp³-hybridized carbons (Fsp3) is 0.292. The molecule has 0 unspecified atom stereocenters. The summed E-state index contributed by atoms with van der Waals surface area (Å²) in [5.74, 6) is -0.632. The molecule has 1 N–H and O–H groups in total. The standard InChI is InChI=1S/C24H22ClFN4O/c1-27-23(31)22-7-6-21(28-29-22)15-2-4-18-16(12-15)14-30-10-8-24(18,9-11-30)17-3-5-19(25)20(26)13-17/h2-7,12-13H,8-11,14H2,1H3,(H,27,31). The van der Waals surface area contributed by atoms with E-state index in [4.69, 9.17) is 11.6 Å². The Balaban J connectivity index is 1.58. The number of aromatic nitrogens is 2. The molecule has 2 bridgehead atoms. The highest BCUT2D eigenvalue weighted by Gasteiger charge is 2.42. The lowest BCUT2D eigenvalue weighted by Gasteiger charge is -2.39. The second kappa shape index (κ2) is 7.70. The van der Waals surface area contributed by atoms with Crippen LogP contribution in [0.25, 0.3) is 11.3 Å². The van der Waals surface area contributed by atoms with Crippen molar-refractivity contribution in [2.24, 2.45) is 0 Å². The molecule has 0 atom stereocenters. The Morgan fingerprint density at radius 1 is 1.10 bits per heavy atom. The Morgan fingerprint density at radius 3 is 2.58 bits per heavy atom. The van der Waals surface area contributed by atoms with Crippen molar-refractivity contribution < 1.29 is 9.18 Å². The van der Waals surface area contributed by atoms with Gasteiger partial charge in [0.25, 0.3) is 5.91 Å². The molecule has 3 aliphatic rings. The Morgan fingerprint density at radius 2 is 1.90 bits per heavy atom. The van der Waals surface area contributed by atoms with Gasteiger partial charge in [0.15, 0.2) is 5.69 Å². The van der Waals surface area contributed by atoms with Gasteiger partial charge in [-0.25, -0.2) is 4.39 Å². The van der Waals surface area contributed by atoms with Gasteiger partial charge >= 0.3 is 0 Å². The van der Waals surface area contributed by atoms with Crippen molar-refractivity contribution in [1.82, 2.24) is 20.4 Å². The first-order valence-corrected chi connectivity index (χ1v) is 10.8. The number of halogens is 2. The molecule has 0 saturated carbocycles. The molecule has 1 fully saturated rings. The number of nitrogens with one attached hydrogen (secondary N) is 1. The highest BCUT2D eigenvalue weighted by Crippen LogP contribution is 2.47. The quantitative estimate of drug-likeness (QED) is 0.668. The molecule has 4 heterocycles. The molecule has 3 aromatic rings. The Hall–Kier alpha value is -2.83. The van der Waals surface area contributed by atoms with Gasteiger partial charge in [-0.2, -0.15) is 0 Å². The number of benzene rings is 2. The summed E-state index contributed by atoms with van der Waals surface area (Å²) in [7, 11) is 1.57. The van der Waals surface area contributed by atoms with Crippen LogP contribution in [0, 0.1) is 5.82 Å². The number of carbonyl (C=O) groups excluding carboxylic acids is 1. The van der Waals surface area contributed by atoms with E-state index in [1.54, 1.807) is 25.2 Å². The normalized spacial score (nSPS) is 22.0. The third kappa shape index (κ3) is 3.40. The van der Waals surface area contributed by atoms with Gasteiger partial charge in [0, 0.05) is 24.6 Å². The second-order valence-corrected chi connectivity index (χ2v) is 8.65. The minimum absolute atomic E-state index is 0.153. The van der Waals surface area contributed by atoms with Crippen molar-refractivity contribution in [3.05, 3.63) is 81.8 Å². The first kappa shape index (κ1) is 20.1. The van der Waals surface area contributed by atoms with E-state index in [1.165, 1.54) is 11.1 Å². The molecule has 5 nitrogen and oxygen atoms in total. The van der Waals surface area contributed by atoms with Crippen LogP contribution >= 0.6 is 11.6 Å². The van der Waals surface area contributed by atoms with E-state index in [0.29, 0.717) is 5.69 Å². The van der Waals surface area contributed by atoms with Crippen molar-refractivity contribution in [1.29, 1.82) is 0 Å². The summed E-state index contributed by atoms with van der Waals surface area (Å²) < 4.78 is 14.3. The van der Waals surface area contributed by atoms with Gasteiger partial charge in [-0.15, -0.1) is 10.2 Å². The van der Waals surface area contributed by atoms with E-state index in [1.807, 2.05) is 18.2 Å². The van der Waals surface area contributed by atoms with Gasteiger partial charge in [0.05, 0.1) is 10.7 Å². The van der Waals surface area contributed by atoms with Crippen molar-refractivity contribution in [3.8, 4) is 11.3 Å². The summed E-state index contributed by atoms with van der Waals surface area (Å²) in [5, 5.41) is 11.0. The van der Waals surface area contributed by atoms with E-state index in [9.17, 15) is 9.18 Å². The first-order chi connectivity index (χ1) is 15.0. The number of amides is 1. The highest BCUT2D eigenvalue weighted by molar-refractivity contribution is 6.30. The van der Waals surface area contributed by atoms with Crippen molar-refractivity contribution >= 4 is 17.5 Å². The SMILES string of the molecule is CNC(=O)c1ccc(-c2ccc3c(c2)CN2CCC3(c3ccc(Cl)c(F)c3)CC2)nn1. The summed E-state index contributed by atoms with van der Waals surface area (Å²) in [6.45, 7) is 2.79. The number of fused-ring (bicyclic) bond motifs is 2. The lowest BCUT2D eigenvalue weighted by molar-refractivity contribution is 0.0957. The van der Waals surface area contributed by atoms with Crippen LogP contribution in [0.4, 0.5) is 4.39 Å². The molecular weight excluding hydrogens is 415 g/mol. The van der Waals surface area contributed by atoms with E-state index in [2.05, 4.69) is 32.5 Å². The van der Waals surface area contributed by atoms with Gasteiger partial charge in [0.2, 0.25) is 0 Å². The molecule has 1 aromatic heterocycles. The van der Waals surface area contributed by atoms with Crippen LogP contribution in [-0.2, 0) is 12.0 Å². The van der Waals surface area contributed by atoms with Gasteiger partial charge in [0.1, 0.15) is 5.82 Å². The predicted molar refractivity (Wildman–Crippen MR) is 118 cm³/mol. The van der Waals surface area contributed by atoms with Crippen molar-refractivity contribution in [2.45, 2.75) is 24.8 Å². The fourth-order valence-corrected chi connectivity index (χ4v) is 5.04. The predicted octanol–water partition coefficient (Wildman–Crippen LogP) is 4.19. The molecule has 31 heavy (non-hydrogen) atoms. The van der Waals surface area contributed by atoms with Crippen LogP contribution in [0.15, 0.2) is 48.5 Å². The van der Waals surface area contributed by atoms with E-state index in [0.717, 1.165) is 43.6 Å². The maximum atomic E-state index is 14.3. The summed E-state index contributed by atoms with van der Waals surface area (Å²) in [6.07, 6.45) is 1.89. The maximum absolute atomic E-state index is 14.3. The van der Waals surface area contributed by atoms with E-state index < -0.39 is 0 Å². The minimum Gasteiger partial charge on any atom is -0.354 e. The molecule has 1 saturated heterocycles. The molecule has 7 heteroatoms. The third-order valence-electron chi connectivity index (χ3n) is 6.62. The summed E-state index contributed by atoms with van der Waals surface area (Å²) in [5.41, 5.74) is 5.19. The van der Waals surface area contributed by atoms with Crippen LogP contribution in [0.5, 0.6) is 0 Å².